The van der Waals surface area contributed by atoms with E-state index in [1.807, 2.05) is 0 Å². The zero-order chi connectivity index (χ0) is 19.9. The van der Waals surface area contributed by atoms with Gasteiger partial charge in [-0.05, 0) is 32.0 Å². The van der Waals surface area contributed by atoms with Gasteiger partial charge in [-0.3, -0.25) is 19.8 Å². The Labute approximate surface area is 162 Å². The number of benzene rings is 1. The minimum absolute atomic E-state index is 0.0517. The number of aromatic amines is 1. The van der Waals surface area contributed by atoms with Gasteiger partial charge in [-0.1, -0.05) is 18.6 Å². The summed E-state index contributed by atoms with van der Waals surface area (Å²) in [5.41, 5.74) is 0.362. The van der Waals surface area contributed by atoms with Gasteiger partial charge in [-0.25, -0.2) is 8.42 Å². The molecule has 1 amide bonds. The summed E-state index contributed by atoms with van der Waals surface area (Å²) in [6, 6.07) is 5.45. The number of nitrogens with zero attached hydrogens (tertiary/aromatic N) is 2. The Morgan fingerprint density at radius 1 is 1.21 bits per heavy atom. The van der Waals surface area contributed by atoms with Crippen LogP contribution in [0.15, 0.2) is 24.3 Å². The molecule has 0 aliphatic carbocycles. The minimum Gasteiger partial charge on any atom is -0.345 e. The molecule has 2 unspecified atom stereocenters. The zero-order valence-electron chi connectivity index (χ0n) is 15.3. The van der Waals surface area contributed by atoms with Crippen molar-refractivity contribution < 1.29 is 18.1 Å². The Balaban J connectivity index is 1.57. The van der Waals surface area contributed by atoms with Crippen LogP contribution in [0.3, 0.4) is 0 Å². The van der Waals surface area contributed by atoms with Gasteiger partial charge in [0.05, 0.1) is 22.5 Å². The molecule has 10 heteroatoms. The van der Waals surface area contributed by atoms with Crippen LogP contribution >= 0.6 is 0 Å². The Bertz CT molecular complexity index is 1030. The van der Waals surface area contributed by atoms with Gasteiger partial charge >= 0.3 is 0 Å². The summed E-state index contributed by atoms with van der Waals surface area (Å²) in [5.74, 6) is -0.481. The van der Waals surface area contributed by atoms with Crippen LogP contribution in [0.5, 0.6) is 0 Å². The number of nitro benzene ring substituents is 1. The maximum atomic E-state index is 12.8. The van der Waals surface area contributed by atoms with E-state index in [2.05, 4.69) is 15.2 Å². The number of piperidine rings is 1. The number of amides is 1. The van der Waals surface area contributed by atoms with Crippen molar-refractivity contribution in [2.75, 3.05) is 24.6 Å². The normalized spacial score (nSPS) is 25.0. The average Bonchev–Trinajstić information content (AvgIpc) is 3.22. The number of nitrogens with one attached hydrogen (secondary N) is 2. The second kappa shape index (κ2) is 7.17. The van der Waals surface area contributed by atoms with Crippen molar-refractivity contribution in [1.29, 1.82) is 0 Å². The van der Waals surface area contributed by atoms with E-state index in [-0.39, 0.29) is 34.4 Å². The van der Waals surface area contributed by atoms with Gasteiger partial charge in [0.1, 0.15) is 11.2 Å². The molecular formula is C18H22N4O5S. The third-order valence-electron chi connectivity index (χ3n) is 5.57. The van der Waals surface area contributed by atoms with Crippen LogP contribution < -0.4 is 5.32 Å². The van der Waals surface area contributed by atoms with Crippen molar-refractivity contribution in [3.63, 3.8) is 0 Å². The van der Waals surface area contributed by atoms with Gasteiger partial charge < -0.3 is 10.3 Å². The topological polar surface area (TPSA) is 125 Å². The van der Waals surface area contributed by atoms with E-state index < -0.39 is 26.7 Å². The van der Waals surface area contributed by atoms with Crippen LogP contribution in [-0.2, 0) is 9.84 Å². The number of sulfone groups is 1. The number of hydrogen-bond acceptors (Lipinski definition) is 6. The number of H-pyrrole nitrogens is 1. The first-order valence-electron chi connectivity index (χ1n) is 9.35. The smallest absolute Gasteiger partial charge is 0.293 e. The summed E-state index contributed by atoms with van der Waals surface area (Å²) in [6.45, 7) is 1.68. The van der Waals surface area contributed by atoms with Crippen LogP contribution in [-0.4, -0.2) is 65.8 Å². The highest BCUT2D eigenvalue weighted by molar-refractivity contribution is 7.91. The summed E-state index contributed by atoms with van der Waals surface area (Å²) < 4.78 is 24.4. The summed E-state index contributed by atoms with van der Waals surface area (Å²) >= 11 is 0. The first-order valence-corrected chi connectivity index (χ1v) is 11.2. The second-order valence-electron chi connectivity index (χ2n) is 7.50. The number of hydrogen-bond donors (Lipinski definition) is 2. The molecule has 150 valence electrons. The standard InChI is InChI=1S/C18H22N4O5S/c23-18(13-9-12-5-4-6-15(22(24)25)17(12)19-13)20-14-10-28(26,27)11-16(14)21-7-2-1-3-8-21/h4-6,9,14,16,19H,1-3,7-8,10-11H2,(H,20,23). The number of aromatic nitrogens is 1. The SMILES string of the molecule is O=C(NC1CS(=O)(=O)CC1N1CCCCC1)c1cc2cccc([N+](=O)[O-])c2[nH]1. The fraction of sp³-hybridized carbons (Fsp3) is 0.500. The summed E-state index contributed by atoms with van der Waals surface area (Å²) in [5, 5.41) is 14.6. The number of non-ortho nitro benzene ring substituents is 1. The molecule has 2 aliphatic rings. The Kier molecular flexibility index (Phi) is 4.84. The molecule has 0 bridgehead atoms. The molecule has 2 fully saturated rings. The van der Waals surface area contributed by atoms with E-state index in [1.54, 1.807) is 18.2 Å². The van der Waals surface area contributed by atoms with E-state index in [4.69, 9.17) is 0 Å². The Morgan fingerprint density at radius 2 is 1.96 bits per heavy atom. The molecule has 0 saturated carbocycles. The maximum Gasteiger partial charge on any atom is 0.293 e. The number of rotatable bonds is 4. The van der Waals surface area contributed by atoms with Crippen LogP contribution in [0.2, 0.25) is 0 Å². The van der Waals surface area contributed by atoms with Crippen molar-refractivity contribution in [1.82, 2.24) is 15.2 Å². The molecule has 2 atom stereocenters. The molecule has 2 aromatic rings. The zero-order valence-corrected chi connectivity index (χ0v) is 16.1. The van der Waals surface area contributed by atoms with Gasteiger partial charge in [-0.15, -0.1) is 0 Å². The van der Waals surface area contributed by atoms with E-state index in [0.29, 0.717) is 5.39 Å². The van der Waals surface area contributed by atoms with Crippen molar-refractivity contribution in [2.45, 2.75) is 31.3 Å². The first kappa shape index (κ1) is 18.9. The molecule has 2 N–H and O–H groups in total. The number of likely N-dealkylation sites (tertiary alicyclic amines) is 1. The van der Waals surface area contributed by atoms with Gasteiger partial charge in [0.15, 0.2) is 9.84 Å². The van der Waals surface area contributed by atoms with Crippen LogP contribution in [0.25, 0.3) is 10.9 Å². The summed E-state index contributed by atoms with van der Waals surface area (Å²) in [4.78, 5) is 28.4. The fourth-order valence-corrected chi connectivity index (χ4v) is 6.19. The van der Waals surface area contributed by atoms with E-state index in [1.165, 1.54) is 6.07 Å². The first-order chi connectivity index (χ1) is 13.3. The molecule has 0 spiro atoms. The molecule has 2 aliphatic heterocycles. The third-order valence-corrected chi connectivity index (χ3v) is 7.29. The molecule has 4 rings (SSSR count). The highest BCUT2D eigenvalue weighted by atomic mass is 32.2. The number of nitro groups is 1. The molecule has 2 saturated heterocycles. The fourth-order valence-electron chi connectivity index (χ4n) is 4.24. The third kappa shape index (κ3) is 3.61. The second-order valence-corrected chi connectivity index (χ2v) is 9.66. The number of carbonyl (C=O) groups is 1. The number of para-hydroxylation sites is 1. The van der Waals surface area contributed by atoms with Gasteiger partial charge in [0.25, 0.3) is 11.6 Å². The predicted octanol–water partition coefficient (Wildman–Crippen LogP) is 1.46. The van der Waals surface area contributed by atoms with Gasteiger partial charge in [-0.2, -0.15) is 0 Å². The summed E-state index contributed by atoms with van der Waals surface area (Å²) in [6.07, 6.45) is 3.20. The van der Waals surface area contributed by atoms with E-state index >= 15 is 0 Å². The molecule has 1 aromatic heterocycles. The molecule has 9 nitrogen and oxygen atoms in total. The average molecular weight is 406 g/mol. The van der Waals surface area contributed by atoms with Crippen molar-refractivity contribution in [3.05, 3.63) is 40.1 Å². The van der Waals surface area contributed by atoms with Crippen LogP contribution in [0.1, 0.15) is 29.8 Å². The van der Waals surface area contributed by atoms with Crippen LogP contribution in [0.4, 0.5) is 5.69 Å². The van der Waals surface area contributed by atoms with E-state index in [9.17, 15) is 23.3 Å². The van der Waals surface area contributed by atoms with Gasteiger partial charge in [0.2, 0.25) is 0 Å². The largest absolute Gasteiger partial charge is 0.345 e. The molecular weight excluding hydrogens is 384 g/mol. The number of fused-ring (bicyclic) bond motifs is 1. The lowest BCUT2D eigenvalue weighted by molar-refractivity contribution is -0.383. The minimum atomic E-state index is -3.22. The molecule has 0 radical (unpaired) electrons. The molecule has 28 heavy (non-hydrogen) atoms. The number of carbonyl (C=O) groups excluding carboxylic acids is 1. The molecule has 1 aromatic carbocycles. The predicted molar refractivity (Wildman–Crippen MR) is 104 cm³/mol. The molecule has 3 heterocycles. The van der Waals surface area contributed by atoms with Crippen molar-refractivity contribution >= 4 is 32.3 Å². The van der Waals surface area contributed by atoms with Crippen molar-refractivity contribution in [2.24, 2.45) is 0 Å². The summed E-state index contributed by atoms with van der Waals surface area (Å²) in [7, 11) is -3.22. The lowest BCUT2D eigenvalue weighted by Gasteiger charge is -2.34. The lowest BCUT2D eigenvalue weighted by atomic mass is 10.0. The highest BCUT2D eigenvalue weighted by Crippen LogP contribution is 2.26. The maximum absolute atomic E-state index is 12.8. The van der Waals surface area contributed by atoms with Crippen LogP contribution in [0, 0.1) is 10.1 Å². The lowest BCUT2D eigenvalue weighted by Crippen LogP contribution is -2.52. The highest BCUT2D eigenvalue weighted by Gasteiger charge is 2.42. The Hall–Kier alpha value is -2.46. The quantitative estimate of drug-likeness (QED) is 0.585. The van der Waals surface area contributed by atoms with Gasteiger partial charge in [0, 0.05) is 17.5 Å². The van der Waals surface area contributed by atoms with Crippen molar-refractivity contribution in [3.8, 4) is 0 Å². The monoisotopic (exact) mass is 406 g/mol. The van der Waals surface area contributed by atoms with E-state index in [0.717, 1.165) is 32.4 Å². The Morgan fingerprint density at radius 3 is 2.68 bits per heavy atom.